The van der Waals surface area contributed by atoms with Gasteiger partial charge in [0.25, 0.3) is 0 Å². The number of hydrogen-bond donors (Lipinski definition) is 0. The van der Waals surface area contributed by atoms with E-state index in [0.29, 0.717) is 22.3 Å². The van der Waals surface area contributed by atoms with E-state index in [0.717, 1.165) is 54.4 Å². The Morgan fingerprint density at radius 3 is 1.00 bits per heavy atom. The molecule has 0 saturated heterocycles. The van der Waals surface area contributed by atoms with Gasteiger partial charge in [0, 0.05) is 0 Å². The van der Waals surface area contributed by atoms with Crippen molar-refractivity contribution in [3.63, 3.8) is 0 Å². The molecular weight excluding hydrogens is 955 g/mol. The number of fused-ring (bicyclic) bond motifs is 12. The molecule has 71 heavy (non-hydrogen) atoms. The summed E-state index contributed by atoms with van der Waals surface area (Å²) in [5, 5.41) is 0. The zero-order valence-corrected chi connectivity index (χ0v) is 42.9. The summed E-state index contributed by atoms with van der Waals surface area (Å²) in [6, 6.07) is 56.0. The molecule has 4 aliphatic carbocycles. The van der Waals surface area contributed by atoms with Gasteiger partial charge < -0.3 is 0 Å². The van der Waals surface area contributed by atoms with E-state index in [4.69, 9.17) is 0 Å². The predicted molar refractivity (Wildman–Crippen MR) is 280 cm³/mol. The first-order chi connectivity index (χ1) is 34.0. The van der Waals surface area contributed by atoms with E-state index in [9.17, 15) is 0 Å². The third kappa shape index (κ3) is 5.66. The average Bonchev–Trinajstić information content (AvgIpc) is 4.03. The third-order valence-electron chi connectivity index (χ3n) is 18.4. The number of benzene rings is 8. The minimum absolute atomic E-state index is 0.182. The molecule has 0 amide bonds. The van der Waals surface area contributed by atoms with E-state index in [-0.39, 0.29) is 33.1 Å². The Hall–Kier alpha value is -6.12. The van der Waals surface area contributed by atoms with Gasteiger partial charge in [0.05, 0.1) is 0 Å². The van der Waals surface area contributed by atoms with E-state index >= 15 is 26.3 Å². The van der Waals surface area contributed by atoms with Gasteiger partial charge in [-0.25, -0.2) is 0 Å². The van der Waals surface area contributed by atoms with Gasteiger partial charge in [0.2, 0.25) is 0 Å². The maximum atomic E-state index is 16.2. The fourth-order valence-corrected chi connectivity index (χ4v) is 24.5. The normalized spacial score (nSPS) is 19.5. The fourth-order valence-electron chi connectivity index (χ4n) is 14.5. The van der Waals surface area contributed by atoms with Gasteiger partial charge >= 0.3 is 417 Å². The van der Waals surface area contributed by atoms with Gasteiger partial charge in [-0.15, -0.1) is 0 Å². The number of alkyl halides is 6. The zero-order valence-electron chi connectivity index (χ0n) is 40.8. The summed E-state index contributed by atoms with van der Waals surface area (Å²) in [5.74, 6) is 0. The molecule has 0 saturated carbocycles. The molecule has 0 aliphatic heterocycles. The van der Waals surface area contributed by atoms with Crippen LogP contribution in [-0.2, 0) is 21.7 Å². The molecule has 8 aromatic carbocycles. The van der Waals surface area contributed by atoms with Crippen molar-refractivity contribution in [1.82, 2.24) is 0 Å². The van der Waals surface area contributed by atoms with E-state index in [1.54, 1.807) is 54.6 Å². The molecular formula is C64H54F6Ge. The quantitative estimate of drug-likeness (QED) is 0.105. The molecule has 0 fully saturated rings. The number of hydrogen-bond acceptors (Lipinski definition) is 0. The van der Waals surface area contributed by atoms with Crippen LogP contribution in [0, 0.1) is 0 Å². The summed E-state index contributed by atoms with van der Waals surface area (Å²) in [6.45, 7) is 11.5. The molecule has 0 aromatic heterocycles. The topological polar surface area (TPSA) is 0 Å². The Morgan fingerprint density at radius 2 is 0.592 bits per heavy atom. The van der Waals surface area contributed by atoms with Crippen molar-refractivity contribution in [2.75, 3.05) is 0 Å². The molecule has 0 heterocycles. The summed E-state index contributed by atoms with van der Waals surface area (Å²) >= 11 is -4.84. The molecule has 8 aromatic rings. The molecule has 0 nitrogen and oxygen atoms in total. The number of rotatable bonds is 8. The van der Waals surface area contributed by atoms with Crippen molar-refractivity contribution in [2.24, 2.45) is 0 Å². The second-order valence-corrected chi connectivity index (χ2v) is 28.8. The van der Waals surface area contributed by atoms with Crippen molar-refractivity contribution in [3.05, 3.63) is 214 Å². The van der Waals surface area contributed by atoms with Gasteiger partial charge in [0.1, 0.15) is 0 Å². The van der Waals surface area contributed by atoms with Crippen LogP contribution < -0.4 is 17.6 Å². The summed E-state index contributed by atoms with van der Waals surface area (Å²) < 4.78 is 99.4. The predicted octanol–water partition coefficient (Wildman–Crippen LogP) is 14.9. The van der Waals surface area contributed by atoms with Crippen LogP contribution in [0.5, 0.6) is 0 Å². The van der Waals surface area contributed by atoms with Gasteiger partial charge in [0.15, 0.2) is 0 Å². The minimum atomic E-state index is -4.84. The molecule has 0 bridgehead atoms. The monoisotopic (exact) mass is 1010 g/mol. The summed E-state index contributed by atoms with van der Waals surface area (Å²) in [4.78, 5) is 0. The van der Waals surface area contributed by atoms with Crippen molar-refractivity contribution in [2.45, 2.75) is 101 Å². The van der Waals surface area contributed by atoms with E-state index in [2.05, 4.69) is 119 Å². The fraction of sp³-hybridized carbons (Fsp3) is 0.250. The molecule has 7 heteroatoms. The molecule has 356 valence electrons. The molecule has 4 aliphatic rings. The van der Waals surface area contributed by atoms with Crippen LogP contribution in [0.2, 0.25) is 0 Å². The molecule has 2 unspecified atom stereocenters. The third-order valence-corrected chi connectivity index (χ3v) is 28.3. The van der Waals surface area contributed by atoms with Gasteiger partial charge in [-0.2, -0.15) is 0 Å². The van der Waals surface area contributed by atoms with Crippen LogP contribution in [0.1, 0.15) is 112 Å². The van der Waals surface area contributed by atoms with Gasteiger partial charge in [-0.05, 0) is 0 Å². The van der Waals surface area contributed by atoms with Crippen LogP contribution >= 0.6 is 0 Å². The van der Waals surface area contributed by atoms with E-state index in [1.165, 1.54) is 47.2 Å². The van der Waals surface area contributed by atoms with Gasteiger partial charge in [-0.3, -0.25) is 0 Å². The van der Waals surface area contributed by atoms with Crippen LogP contribution in [0.4, 0.5) is 26.3 Å². The Balaban J connectivity index is 1.25. The van der Waals surface area contributed by atoms with Crippen LogP contribution in [0.15, 0.2) is 170 Å². The summed E-state index contributed by atoms with van der Waals surface area (Å²) in [5.41, 5.74) is 7.20. The Kier molecular flexibility index (Phi) is 10.0. The molecule has 0 N–H and O–H groups in total. The first-order valence-corrected chi connectivity index (χ1v) is 29.3. The van der Waals surface area contributed by atoms with Crippen LogP contribution in [0.25, 0.3) is 44.5 Å². The van der Waals surface area contributed by atoms with E-state index < -0.39 is 36.4 Å². The first-order valence-electron chi connectivity index (χ1n) is 25.1. The van der Waals surface area contributed by atoms with Crippen molar-refractivity contribution in [3.8, 4) is 44.5 Å². The maximum absolute atomic E-state index is 16.2. The Morgan fingerprint density at radius 1 is 0.310 bits per heavy atom. The Bertz CT molecular complexity index is 3400. The SMILES string of the molecule is CCC1(CC)c2ccccc2-c2cc[c]([Ge]([c]3ccc4c(c3)-c3ccccc3C4(C)C(F)(F)F)([c]3ccc4c(c3)C(CC)(CC)c3ccccc3-4)[c]3ccc4c(c3)C(C)(C(F)(F)F)c3ccccc3-4)cc21. The summed E-state index contributed by atoms with van der Waals surface area (Å²) in [6.07, 6.45) is -5.94. The van der Waals surface area contributed by atoms with E-state index in [1.807, 2.05) is 24.3 Å². The van der Waals surface area contributed by atoms with Crippen LogP contribution in [-0.4, -0.2) is 25.6 Å². The standard InChI is InChI=1S/C64H54F6Ge/c1-7-61(8-2)54-25-17-13-20-44(54)48-32-28-41(37-57(48)61)71(42-29-33-49-45-21-14-18-26-55(45)62(9-3,10-4)58(49)38-42,39-30-34-53-50(35-39)46-22-12-16-24-52(46)59(53,5)63(65,66)67)40-27-31-47-43-19-11-15-23-51(43)60(6,56(47)36-40)64(68,69)70/h11-38H,7-10H2,1-6H3. The molecule has 0 radical (unpaired) electrons. The number of halogens is 6. The van der Waals surface area contributed by atoms with Gasteiger partial charge in [-0.1, -0.05) is 0 Å². The summed E-state index contributed by atoms with van der Waals surface area (Å²) in [7, 11) is 0. The second-order valence-electron chi connectivity index (χ2n) is 20.8. The zero-order chi connectivity index (χ0) is 49.7. The van der Waals surface area contributed by atoms with Crippen molar-refractivity contribution in [1.29, 1.82) is 0 Å². The Labute approximate surface area is 415 Å². The first kappa shape index (κ1) is 46.0. The molecule has 12 rings (SSSR count). The van der Waals surface area contributed by atoms with Crippen molar-refractivity contribution >= 4 is 30.8 Å². The average molecular weight is 1010 g/mol. The molecule has 2 atom stereocenters. The molecule has 0 spiro atoms. The second kappa shape index (κ2) is 15.4. The van der Waals surface area contributed by atoms with Crippen LogP contribution in [0.3, 0.4) is 0 Å². The van der Waals surface area contributed by atoms with Crippen molar-refractivity contribution < 1.29 is 26.3 Å².